The van der Waals surface area contributed by atoms with E-state index in [4.69, 9.17) is 23.7 Å². The topological polar surface area (TPSA) is 151 Å². The average Bonchev–Trinajstić information content (AvgIpc) is 3.07. The molecule has 14 heteroatoms. The summed E-state index contributed by atoms with van der Waals surface area (Å²) in [5.41, 5.74) is 1.31. The van der Waals surface area contributed by atoms with E-state index in [1.54, 1.807) is 25.3 Å². The van der Waals surface area contributed by atoms with Gasteiger partial charge in [0.05, 0.1) is 37.1 Å². The molecule has 0 amide bonds. The highest BCUT2D eigenvalue weighted by molar-refractivity contribution is 5.72. The summed E-state index contributed by atoms with van der Waals surface area (Å²) in [6, 6.07) is 9.77. The number of ether oxygens (including phenoxy) is 5. The second-order valence-electron chi connectivity index (χ2n) is 11.6. The van der Waals surface area contributed by atoms with Crippen LogP contribution in [0.3, 0.4) is 0 Å². The summed E-state index contributed by atoms with van der Waals surface area (Å²) in [6.07, 6.45) is 1.51. The maximum Gasteiger partial charge on any atom is 0.511 e. The number of rotatable bonds is 16. The van der Waals surface area contributed by atoms with E-state index < -0.39 is 30.9 Å². The van der Waals surface area contributed by atoms with Crippen LogP contribution in [0, 0.1) is 18.8 Å². The van der Waals surface area contributed by atoms with Gasteiger partial charge in [-0.3, -0.25) is 9.78 Å². The second kappa shape index (κ2) is 17.8. The number of aromatic nitrogens is 3. The number of carbonyl (C=O) groups is 2. The zero-order valence-corrected chi connectivity index (χ0v) is 27.3. The lowest BCUT2D eigenvalue weighted by Gasteiger charge is -2.37. The van der Waals surface area contributed by atoms with Gasteiger partial charge in [-0.2, -0.15) is 0 Å². The van der Waals surface area contributed by atoms with Crippen LogP contribution in [0.5, 0.6) is 0 Å². The normalized spacial score (nSPS) is 17.4. The zero-order valence-electron chi connectivity index (χ0n) is 27.3. The van der Waals surface area contributed by atoms with E-state index >= 15 is 0 Å². The number of hydrogen-bond donors (Lipinski definition) is 2. The van der Waals surface area contributed by atoms with Crippen LogP contribution in [-0.2, 0) is 34.1 Å². The van der Waals surface area contributed by atoms with E-state index in [0.29, 0.717) is 68.3 Å². The third-order valence-electron chi connectivity index (χ3n) is 8.10. The molecular formula is C34H42F2N4O8. The average molecular weight is 673 g/mol. The van der Waals surface area contributed by atoms with Crippen molar-refractivity contribution in [1.29, 1.82) is 0 Å². The molecule has 3 aromatic rings. The molecule has 12 nitrogen and oxygen atoms in total. The number of pyridine rings is 3. The highest BCUT2D eigenvalue weighted by Crippen LogP contribution is 2.41. The summed E-state index contributed by atoms with van der Waals surface area (Å²) < 4.78 is 51.4. The molecule has 0 aromatic carbocycles. The summed E-state index contributed by atoms with van der Waals surface area (Å²) in [6.45, 7) is 6.59. The molecule has 1 aliphatic rings. The van der Waals surface area contributed by atoms with Gasteiger partial charge < -0.3 is 34.1 Å². The molecule has 0 unspecified atom stereocenters. The molecule has 1 saturated carbocycles. The lowest BCUT2D eigenvalue weighted by atomic mass is 9.73. The molecule has 0 radical (unpaired) electrons. The fourth-order valence-electron chi connectivity index (χ4n) is 5.45. The Labute approximate surface area is 278 Å². The maximum absolute atomic E-state index is 13.1. The fraction of sp³-hybridized carbons (Fsp3) is 0.500. The Kier molecular flexibility index (Phi) is 13.5. The van der Waals surface area contributed by atoms with Gasteiger partial charge in [0.25, 0.3) is 6.43 Å². The summed E-state index contributed by atoms with van der Waals surface area (Å²) in [5.74, 6) is -0.305. The fourth-order valence-corrected chi connectivity index (χ4v) is 5.45. The summed E-state index contributed by atoms with van der Waals surface area (Å²) >= 11 is 0. The third-order valence-corrected chi connectivity index (χ3v) is 8.10. The van der Waals surface area contributed by atoms with E-state index in [-0.39, 0.29) is 36.4 Å². The Morgan fingerprint density at radius 3 is 2.42 bits per heavy atom. The van der Waals surface area contributed by atoms with Crippen molar-refractivity contribution in [2.75, 3.05) is 45.1 Å². The minimum atomic E-state index is -2.61. The molecular weight excluding hydrogens is 630 g/mol. The van der Waals surface area contributed by atoms with Gasteiger partial charge >= 0.3 is 12.1 Å². The standard InChI is InChI=1S/C34H42F2N4O8/c1-4-44-13-14-45-15-16-46-33(42)48-21-47-32(41)23-5-8-26(9-6-23)34(3,43)28-10-7-25(20-38-28)27-17-22(2)18-30(39-27)40-29-19-24(31(35)36)11-12-37-29/h7,10-12,17-20,23,26,31,43H,4-6,8-9,13-16,21H2,1-3H3,(H,37,39,40)/t23-,26-,34-/m1/s1. The number of aryl methyl sites for hydroxylation is 1. The number of esters is 1. The molecule has 3 heterocycles. The van der Waals surface area contributed by atoms with Crippen LogP contribution in [0.2, 0.25) is 0 Å². The molecule has 4 rings (SSSR count). The van der Waals surface area contributed by atoms with Crippen LogP contribution >= 0.6 is 0 Å². The van der Waals surface area contributed by atoms with Crippen LogP contribution in [-0.4, -0.2) is 72.0 Å². The minimum Gasteiger partial charge on any atom is -0.432 e. The van der Waals surface area contributed by atoms with Gasteiger partial charge in [-0.05, 0) is 94.3 Å². The van der Waals surface area contributed by atoms with E-state index in [0.717, 1.165) is 5.56 Å². The number of aliphatic hydroxyl groups is 1. The van der Waals surface area contributed by atoms with Crippen LogP contribution in [0.25, 0.3) is 11.3 Å². The summed E-state index contributed by atoms with van der Waals surface area (Å²) in [5, 5.41) is 14.5. The van der Waals surface area contributed by atoms with Crippen molar-refractivity contribution < 1.29 is 47.2 Å². The molecule has 2 N–H and O–H groups in total. The SMILES string of the molecule is CCOCCOCCOC(=O)OCOC(=O)[C@H]1CC[C@H]([C@@](C)(O)c2ccc(-c3cc(C)cc(Nc4cc(C(F)F)ccn4)n3)cn2)CC1. The first-order chi connectivity index (χ1) is 23.1. The largest absolute Gasteiger partial charge is 0.511 e. The Morgan fingerprint density at radius 1 is 0.958 bits per heavy atom. The molecule has 1 aliphatic carbocycles. The predicted molar refractivity (Wildman–Crippen MR) is 170 cm³/mol. The van der Waals surface area contributed by atoms with Gasteiger partial charge in [0.1, 0.15) is 23.8 Å². The van der Waals surface area contributed by atoms with Gasteiger partial charge in [0, 0.05) is 30.1 Å². The van der Waals surface area contributed by atoms with Crippen molar-refractivity contribution in [2.24, 2.45) is 11.8 Å². The van der Waals surface area contributed by atoms with Gasteiger partial charge in [-0.15, -0.1) is 0 Å². The number of alkyl halides is 2. The zero-order chi connectivity index (χ0) is 34.5. The van der Waals surface area contributed by atoms with Crippen molar-refractivity contribution in [3.05, 3.63) is 65.6 Å². The maximum atomic E-state index is 13.1. The Balaban J connectivity index is 1.24. The molecule has 1 atom stereocenters. The lowest BCUT2D eigenvalue weighted by molar-refractivity contribution is -0.160. The van der Waals surface area contributed by atoms with Crippen molar-refractivity contribution in [3.63, 3.8) is 0 Å². The van der Waals surface area contributed by atoms with E-state index in [1.807, 2.05) is 26.0 Å². The first-order valence-corrected chi connectivity index (χ1v) is 15.9. The number of nitrogens with zero attached hydrogens (tertiary/aromatic N) is 3. The van der Waals surface area contributed by atoms with Crippen molar-refractivity contribution >= 4 is 23.8 Å². The predicted octanol–water partition coefficient (Wildman–Crippen LogP) is 6.25. The molecule has 48 heavy (non-hydrogen) atoms. The molecule has 0 spiro atoms. The Hall–Kier alpha value is -4.27. The van der Waals surface area contributed by atoms with E-state index in [9.17, 15) is 23.5 Å². The Bertz CT molecular complexity index is 1480. The molecule has 0 saturated heterocycles. The monoisotopic (exact) mass is 672 g/mol. The van der Waals surface area contributed by atoms with Crippen LogP contribution in [0.4, 0.5) is 25.2 Å². The van der Waals surface area contributed by atoms with Crippen molar-refractivity contribution in [1.82, 2.24) is 15.0 Å². The number of nitrogens with one attached hydrogen (secondary N) is 1. The van der Waals surface area contributed by atoms with Crippen LogP contribution in [0.15, 0.2) is 48.8 Å². The number of anilines is 2. The molecule has 260 valence electrons. The molecule has 1 fully saturated rings. The van der Waals surface area contributed by atoms with Gasteiger partial charge in [-0.25, -0.2) is 23.5 Å². The highest BCUT2D eigenvalue weighted by atomic mass is 19.3. The first kappa shape index (κ1) is 36.6. The minimum absolute atomic E-state index is 0.00227. The van der Waals surface area contributed by atoms with Crippen LogP contribution in [0.1, 0.15) is 62.8 Å². The molecule has 0 bridgehead atoms. The van der Waals surface area contributed by atoms with E-state index in [1.165, 1.54) is 18.3 Å². The lowest BCUT2D eigenvalue weighted by Crippen LogP contribution is -2.37. The van der Waals surface area contributed by atoms with E-state index in [2.05, 4.69) is 20.3 Å². The first-order valence-electron chi connectivity index (χ1n) is 15.9. The number of hydrogen-bond acceptors (Lipinski definition) is 12. The molecule has 0 aliphatic heterocycles. The highest BCUT2D eigenvalue weighted by Gasteiger charge is 2.39. The van der Waals surface area contributed by atoms with Gasteiger partial charge in [-0.1, -0.05) is 0 Å². The summed E-state index contributed by atoms with van der Waals surface area (Å²) in [7, 11) is 0. The quantitative estimate of drug-likeness (QED) is 0.101. The van der Waals surface area contributed by atoms with Crippen molar-refractivity contribution in [3.8, 4) is 11.3 Å². The van der Waals surface area contributed by atoms with Gasteiger partial charge in [0.15, 0.2) is 0 Å². The van der Waals surface area contributed by atoms with Gasteiger partial charge in [0.2, 0.25) is 6.79 Å². The number of halogens is 2. The third kappa shape index (κ3) is 10.6. The van der Waals surface area contributed by atoms with Crippen molar-refractivity contribution in [2.45, 2.75) is 58.5 Å². The Morgan fingerprint density at radius 2 is 1.71 bits per heavy atom. The molecule has 3 aromatic heterocycles. The second-order valence-corrected chi connectivity index (χ2v) is 11.6. The van der Waals surface area contributed by atoms with Crippen LogP contribution < -0.4 is 5.32 Å². The smallest absolute Gasteiger partial charge is 0.432 e. The summed E-state index contributed by atoms with van der Waals surface area (Å²) in [4.78, 5) is 37.5. The number of carbonyl (C=O) groups excluding carboxylic acids is 2.